The smallest absolute Gasteiger partial charge is 0.291 e. The number of hydrogen-bond acceptors (Lipinski definition) is 5. The van der Waals surface area contributed by atoms with E-state index in [-0.39, 0.29) is 17.8 Å². The molecule has 0 aliphatic heterocycles. The summed E-state index contributed by atoms with van der Waals surface area (Å²) in [5.74, 6) is 0.629. The van der Waals surface area contributed by atoms with Gasteiger partial charge in [0.05, 0.1) is 15.5 Å². The summed E-state index contributed by atoms with van der Waals surface area (Å²) in [6, 6.07) is 1.73. The van der Waals surface area contributed by atoms with Gasteiger partial charge in [0, 0.05) is 12.1 Å². The van der Waals surface area contributed by atoms with Gasteiger partial charge in [-0.3, -0.25) is 10.1 Å². The Morgan fingerprint density at radius 1 is 1.47 bits per heavy atom. The summed E-state index contributed by atoms with van der Waals surface area (Å²) < 4.78 is 0.593. The molecular formula is C12H16BrN3O3. The Kier molecular flexibility index (Phi) is 4.36. The highest BCUT2D eigenvalue weighted by Crippen LogP contribution is 2.30. The number of aromatic nitrogens is 1. The van der Waals surface area contributed by atoms with Crippen LogP contribution in [0.5, 0.6) is 0 Å². The molecule has 1 aromatic rings. The minimum atomic E-state index is -0.437. The van der Waals surface area contributed by atoms with Crippen LogP contribution < -0.4 is 5.32 Å². The number of hydrogen-bond donors (Lipinski definition) is 2. The van der Waals surface area contributed by atoms with Crippen LogP contribution in [0.3, 0.4) is 0 Å². The van der Waals surface area contributed by atoms with Crippen molar-refractivity contribution >= 4 is 27.4 Å². The van der Waals surface area contributed by atoms with Crippen LogP contribution in [0.2, 0.25) is 0 Å². The predicted molar refractivity (Wildman–Crippen MR) is 75.2 cm³/mol. The zero-order valence-electron chi connectivity index (χ0n) is 10.6. The van der Waals surface area contributed by atoms with Crippen molar-refractivity contribution in [1.29, 1.82) is 0 Å². The summed E-state index contributed by atoms with van der Waals surface area (Å²) in [7, 11) is 0. The van der Waals surface area contributed by atoms with Crippen LogP contribution in [0.1, 0.15) is 31.4 Å². The van der Waals surface area contributed by atoms with Gasteiger partial charge in [-0.1, -0.05) is 0 Å². The van der Waals surface area contributed by atoms with Crippen molar-refractivity contribution in [3.05, 3.63) is 26.3 Å². The van der Waals surface area contributed by atoms with Crippen molar-refractivity contribution < 1.29 is 10.0 Å². The fourth-order valence-electron chi connectivity index (χ4n) is 2.27. The number of anilines is 1. The Bertz CT molecular complexity index is 487. The first-order valence-electron chi connectivity index (χ1n) is 6.23. The van der Waals surface area contributed by atoms with Crippen molar-refractivity contribution in [2.45, 2.75) is 44.8 Å². The van der Waals surface area contributed by atoms with Gasteiger partial charge in [0.25, 0.3) is 5.69 Å². The van der Waals surface area contributed by atoms with Gasteiger partial charge in [-0.2, -0.15) is 0 Å². The molecule has 2 N–H and O–H groups in total. The monoisotopic (exact) mass is 329 g/mol. The number of halogens is 1. The minimum Gasteiger partial charge on any atom is -0.393 e. The van der Waals surface area contributed by atoms with E-state index >= 15 is 0 Å². The molecule has 0 aromatic carbocycles. The predicted octanol–water partition coefficient (Wildman–Crippen LogP) is 2.78. The Labute approximate surface area is 119 Å². The van der Waals surface area contributed by atoms with E-state index in [2.05, 4.69) is 26.2 Å². The van der Waals surface area contributed by atoms with Crippen LogP contribution in [0.15, 0.2) is 10.5 Å². The number of rotatable bonds is 3. The highest BCUT2D eigenvalue weighted by Gasteiger charge is 2.22. The third kappa shape index (κ3) is 3.42. The second kappa shape index (κ2) is 5.83. The quantitative estimate of drug-likeness (QED) is 0.657. The van der Waals surface area contributed by atoms with Gasteiger partial charge < -0.3 is 10.4 Å². The van der Waals surface area contributed by atoms with E-state index < -0.39 is 4.92 Å². The van der Waals surface area contributed by atoms with Gasteiger partial charge in [0.2, 0.25) is 0 Å². The van der Waals surface area contributed by atoms with Crippen LogP contribution in [-0.2, 0) is 0 Å². The zero-order valence-corrected chi connectivity index (χ0v) is 12.2. The van der Waals surface area contributed by atoms with Crippen molar-refractivity contribution in [3.8, 4) is 0 Å². The Morgan fingerprint density at radius 2 is 2.11 bits per heavy atom. The van der Waals surface area contributed by atoms with Crippen molar-refractivity contribution in [2.75, 3.05) is 5.32 Å². The maximum atomic E-state index is 10.8. The third-order valence-corrected chi connectivity index (χ3v) is 3.98. The van der Waals surface area contributed by atoms with Crippen LogP contribution >= 0.6 is 15.9 Å². The SMILES string of the molecule is Cc1nc(N[C@H]2CC[C@@H](O)CC2)c(Br)cc1[N+](=O)[O-]. The molecule has 2 rings (SSSR count). The zero-order chi connectivity index (χ0) is 14.0. The molecule has 0 bridgehead atoms. The maximum absolute atomic E-state index is 10.8. The third-order valence-electron chi connectivity index (χ3n) is 3.37. The van der Waals surface area contributed by atoms with E-state index in [4.69, 9.17) is 0 Å². The summed E-state index contributed by atoms with van der Waals surface area (Å²) in [6.07, 6.45) is 3.12. The maximum Gasteiger partial charge on any atom is 0.291 e. The summed E-state index contributed by atoms with van der Waals surface area (Å²) in [6.45, 7) is 1.63. The van der Waals surface area contributed by atoms with Crippen molar-refractivity contribution in [1.82, 2.24) is 4.98 Å². The van der Waals surface area contributed by atoms with Gasteiger partial charge in [0.1, 0.15) is 11.5 Å². The molecule has 6 nitrogen and oxygen atoms in total. The standard InChI is InChI=1S/C12H16BrN3O3/c1-7-11(16(18)19)6-10(13)12(14-7)15-8-2-4-9(17)5-3-8/h6,8-9,17H,2-5H2,1H3,(H,14,15)/t8-,9+. The van der Waals surface area contributed by atoms with Gasteiger partial charge in [-0.25, -0.2) is 4.98 Å². The first-order chi connectivity index (χ1) is 8.97. The number of nitrogens with zero attached hydrogens (tertiary/aromatic N) is 2. The molecule has 1 fully saturated rings. The Morgan fingerprint density at radius 3 is 2.68 bits per heavy atom. The summed E-state index contributed by atoms with van der Waals surface area (Å²) in [4.78, 5) is 14.6. The summed E-state index contributed by atoms with van der Waals surface area (Å²) >= 11 is 3.31. The molecule has 104 valence electrons. The van der Waals surface area contributed by atoms with Crippen LogP contribution in [0.25, 0.3) is 0 Å². The largest absolute Gasteiger partial charge is 0.393 e. The lowest BCUT2D eigenvalue weighted by atomic mass is 9.93. The number of nitrogens with one attached hydrogen (secondary N) is 1. The molecule has 0 atom stereocenters. The summed E-state index contributed by atoms with van der Waals surface area (Å²) in [5, 5.41) is 23.6. The van der Waals surface area contributed by atoms with E-state index in [1.807, 2.05) is 0 Å². The fourth-order valence-corrected chi connectivity index (χ4v) is 2.69. The molecule has 0 amide bonds. The molecule has 1 aliphatic rings. The van der Waals surface area contributed by atoms with Crippen LogP contribution in [0.4, 0.5) is 11.5 Å². The molecule has 1 saturated carbocycles. The molecule has 0 saturated heterocycles. The molecule has 0 radical (unpaired) electrons. The van der Waals surface area contributed by atoms with E-state index in [1.165, 1.54) is 6.07 Å². The number of aryl methyl sites for hydroxylation is 1. The average Bonchev–Trinajstić information content (AvgIpc) is 2.35. The van der Waals surface area contributed by atoms with Crippen molar-refractivity contribution in [3.63, 3.8) is 0 Å². The molecular weight excluding hydrogens is 314 g/mol. The minimum absolute atomic E-state index is 0.0106. The lowest BCUT2D eigenvalue weighted by Gasteiger charge is -2.27. The molecule has 1 heterocycles. The normalized spacial score (nSPS) is 23.1. The van der Waals surface area contributed by atoms with Crippen LogP contribution in [0, 0.1) is 17.0 Å². The second-order valence-electron chi connectivity index (χ2n) is 4.83. The first kappa shape index (κ1) is 14.2. The summed E-state index contributed by atoms with van der Waals surface area (Å²) in [5.41, 5.74) is 0.406. The molecule has 1 aromatic heterocycles. The molecule has 7 heteroatoms. The highest BCUT2D eigenvalue weighted by atomic mass is 79.9. The highest BCUT2D eigenvalue weighted by molar-refractivity contribution is 9.10. The Hall–Kier alpha value is -1.21. The van der Waals surface area contributed by atoms with E-state index in [1.54, 1.807) is 6.92 Å². The van der Waals surface area contributed by atoms with E-state index in [0.717, 1.165) is 25.7 Å². The number of aliphatic hydroxyl groups excluding tert-OH is 1. The van der Waals surface area contributed by atoms with E-state index in [0.29, 0.717) is 16.0 Å². The number of pyridine rings is 1. The van der Waals surface area contributed by atoms with Crippen LogP contribution in [-0.4, -0.2) is 27.2 Å². The average molecular weight is 330 g/mol. The van der Waals surface area contributed by atoms with Crippen molar-refractivity contribution in [2.24, 2.45) is 0 Å². The fraction of sp³-hybridized carbons (Fsp3) is 0.583. The molecule has 1 aliphatic carbocycles. The lowest BCUT2D eigenvalue weighted by Crippen LogP contribution is -2.28. The topological polar surface area (TPSA) is 88.3 Å². The molecule has 0 spiro atoms. The first-order valence-corrected chi connectivity index (χ1v) is 7.03. The second-order valence-corrected chi connectivity index (χ2v) is 5.68. The molecule has 0 unspecified atom stereocenters. The number of nitro groups is 1. The van der Waals surface area contributed by atoms with Gasteiger partial charge in [-0.05, 0) is 48.5 Å². The lowest BCUT2D eigenvalue weighted by molar-refractivity contribution is -0.385. The Balaban J connectivity index is 2.13. The van der Waals surface area contributed by atoms with E-state index in [9.17, 15) is 15.2 Å². The van der Waals surface area contributed by atoms with Gasteiger partial charge in [-0.15, -0.1) is 0 Å². The van der Waals surface area contributed by atoms with Gasteiger partial charge >= 0.3 is 0 Å². The molecule has 19 heavy (non-hydrogen) atoms. The van der Waals surface area contributed by atoms with Gasteiger partial charge in [0.15, 0.2) is 0 Å². The number of aliphatic hydroxyl groups is 1.